The van der Waals surface area contributed by atoms with Gasteiger partial charge in [0.15, 0.2) is 5.11 Å². The maximum Gasteiger partial charge on any atom is 0.191 e. The van der Waals surface area contributed by atoms with E-state index in [0.29, 0.717) is 21.4 Å². The van der Waals surface area contributed by atoms with Gasteiger partial charge in [-0.1, -0.05) is 29.8 Å². The maximum absolute atomic E-state index is 9.99. The van der Waals surface area contributed by atoms with Crippen LogP contribution in [0.25, 0.3) is 0 Å². The Bertz CT molecular complexity index is 1010. The van der Waals surface area contributed by atoms with E-state index in [1.54, 1.807) is 36.4 Å². The van der Waals surface area contributed by atoms with Crippen LogP contribution in [0.5, 0.6) is 5.75 Å². The summed E-state index contributed by atoms with van der Waals surface area (Å²) in [6, 6.07) is 21.4. The summed E-state index contributed by atoms with van der Waals surface area (Å²) < 4.78 is 0. The number of hydrogen-bond donors (Lipinski definition) is 3. The van der Waals surface area contributed by atoms with Crippen molar-refractivity contribution in [1.29, 1.82) is 0 Å². The van der Waals surface area contributed by atoms with Gasteiger partial charge in [-0.3, -0.25) is 5.43 Å². The zero-order valence-electron chi connectivity index (χ0n) is 14.6. The first kappa shape index (κ1) is 19.5. The SMILES string of the molecule is Oc1ccc(N=Nc2ccccc2)cc1/C=N/NC(=S)Nc1ccc(Cl)cc1. The lowest BCUT2D eigenvalue weighted by atomic mass is 10.2. The summed E-state index contributed by atoms with van der Waals surface area (Å²) in [6.45, 7) is 0. The van der Waals surface area contributed by atoms with Crippen LogP contribution in [0.3, 0.4) is 0 Å². The Hall–Kier alpha value is -3.29. The average molecular weight is 410 g/mol. The molecule has 28 heavy (non-hydrogen) atoms. The van der Waals surface area contributed by atoms with Gasteiger partial charge in [-0.15, -0.1) is 0 Å². The summed E-state index contributed by atoms with van der Waals surface area (Å²) in [6.07, 6.45) is 1.45. The Morgan fingerprint density at radius 2 is 1.64 bits per heavy atom. The summed E-state index contributed by atoms with van der Waals surface area (Å²) in [5, 5.41) is 26.3. The second-order valence-corrected chi connectivity index (χ2v) is 6.45. The predicted octanol–water partition coefficient (Wildman–Crippen LogP) is 5.78. The first-order valence-corrected chi connectivity index (χ1v) is 9.04. The number of aromatic hydroxyl groups is 1. The molecule has 0 aliphatic carbocycles. The highest BCUT2D eigenvalue weighted by atomic mass is 35.5. The predicted molar refractivity (Wildman–Crippen MR) is 117 cm³/mol. The maximum atomic E-state index is 9.99. The number of nitrogens with zero attached hydrogens (tertiary/aromatic N) is 3. The highest BCUT2D eigenvalue weighted by Gasteiger charge is 2.01. The molecule has 0 fully saturated rings. The second-order valence-electron chi connectivity index (χ2n) is 5.61. The van der Waals surface area contributed by atoms with Crippen molar-refractivity contribution in [3.8, 4) is 5.75 Å². The van der Waals surface area contributed by atoms with Gasteiger partial charge >= 0.3 is 0 Å². The molecule has 0 aliphatic heterocycles. The number of phenolic OH excluding ortho intramolecular Hbond substituents is 1. The van der Waals surface area contributed by atoms with E-state index in [4.69, 9.17) is 23.8 Å². The van der Waals surface area contributed by atoms with Crippen LogP contribution in [0.15, 0.2) is 88.1 Å². The van der Waals surface area contributed by atoms with Gasteiger partial charge in [0.1, 0.15) is 5.75 Å². The third-order valence-electron chi connectivity index (χ3n) is 3.52. The highest BCUT2D eigenvalue weighted by molar-refractivity contribution is 7.80. The van der Waals surface area contributed by atoms with Gasteiger partial charge in [-0.05, 0) is 66.8 Å². The molecule has 0 aromatic heterocycles. The summed E-state index contributed by atoms with van der Waals surface area (Å²) in [4.78, 5) is 0. The molecule has 8 heteroatoms. The Kier molecular flexibility index (Phi) is 6.67. The molecule has 0 amide bonds. The van der Waals surface area contributed by atoms with Crippen LogP contribution in [-0.2, 0) is 0 Å². The molecule has 0 saturated carbocycles. The Morgan fingerprint density at radius 3 is 2.39 bits per heavy atom. The molecule has 0 heterocycles. The molecule has 6 nitrogen and oxygen atoms in total. The van der Waals surface area contributed by atoms with Crippen LogP contribution in [-0.4, -0.2) is 16.4 Å². The Labute approximate surface area is 172 Å². The number of halogens is 1. The summed E-state index contributed by atoms with van der Waals surface area (Å²) >= 11 is 11.0. The first-order chi connectivity index (χ1) is 13.6. The van der Waals surface area contributed by atoms with Crippen molar-refractivity contribution in [1.82, 2.24) is 5.43 Å². The van der Waals surface area contributed by atoms with Crippen molar-refractivity contribution >= 4 is 52.2 Å². The number of phenols is 1. The zero-order valence-corrected chi connectivity index (χ0v) is 16.2. The van der Waals surface area contributed by atoms with Crippen LogP contribution in [0.4, 0.5) is 17.1 Å². The van der Waals surface area contributed by atoms with E-state index in [1.165, 1.54) is 12.3 Å². The second kappa shape index (κ2) is 9.59. The number of rotatable bonds is 5. The van der Waals surface area contributed by atoms with E-state index in [-0.39, 0.29) is 5.75 Å². The zero-order chi connectivity index (χ0) is 19.8. The van der Waals surface area contributed by atoms with Gasteiger partial charge < -0.3 is 10.4 Å². The summed E-state index contributed by atoms with van der Waals surface area (Å²) in [7, 11) is 0. The minimum atomic E-state index is 0.0702. The van der Waals surface area contributed by atoms with E-state index < -0.39 is 0 Å². The van der Waals surface area contributed by atoms with Crippen molar-refractivity contribution in [2.24, 2.45) is 15.3 Å². The average Bonchev–Trinajstić information content (AvgIpc) is 2.71. The molecular formula is C20H16ClN5OS. The molecule has 0 unspecified atom stereocenters. The van der Waals surface area contributed by atoms with Crippen molar-refractivity contribution in [3.63, 3.8) is 0 Å². The molecule has 0 saturated heterocycles. The number of benzene rings is 3. The van der Waals surface area contributed by atoms with Crippen LogP contribution in [0.1, 0.15) is 5.56 Å². The normalized spacial score (nSPS) is 11.0. The van der Waals surface area contributed by atoms with Crippen LogP contribution < -0.4 is 10.7 Å². The fourth-order valence-corrected chi connectivity index (χ4v) is 2.47. The molecule has 0 radical (unpaired) electrons. The van der Waals surface area contributed by atoms with E-state index >= 15 is 0 Å². The lowest BCUT2D eigenvalue weighted by molar-refractivity contribution is 0.474. The van der Waals surface area contributed by atoms with Gasteiger partial charge in [-0.2, -0.15) is 15.3 Å². The molecular weight excluding hydrogens is 394 g/mol. The van der Waals surface area contributed by atoms with Gasteiger partial charge in [0, 0.05) is 16.3 Å². The van der Waals surface area contributed by atoms with Crippen molar-refractivity contribution in [3.05, 3.63) is 83.4 Å². The molecule has 0 aliphatic rings. The molecule has 3 aromatic carbocycles. The largest absolute Gasteiger partial charge is 0.507 e. The topological polar surface area (TPSA) is 81.4 Å². The number of hydrogen-bond acceptors (Lipinski definition) is 5. The quantitative estimate of drug-likeness (QED) is 0.216. The van der Waals surface area contributed by atoms with E-state index in [2.05, 4.69) is 26.1 Å². The van der Waals surface area contributed by atoms with Gasteiger partial charge in [-0.25, -0.2) is 0 Å². The van der Waals surface area contributed by atoms with Gasteiger partial charge in [0.2, 0.25) is 0 Å². The molecule has 0 bridgehead atoms. The van der Waals surface area contributed by atoms with E-state index in [0.717, 1.165) is 11.4 Å². The number of thiocarbonyl (C=S) groups is 1. The third-order valence-corrected chi connectivity index (χ3v) is 3.97. The summed E-state index contributed by atoms with van der Waals surface area (Å²) in [5.74, 6) is 0.0702. The van der Waals surface area contributed by atoms with Crippen molar-refractivity contribution in [2.75, 3.05) is 5.32 Å². The van der Waals surface area contributed by atoms with Crippen LogP contribution in [0.2, 0.25) is 5.02 Å². The minimum Gasteiger partial charge on any atom is -0.507 e. The van der Waals surface area contributed by atoms with Gasteiger partial charge in [0.05, 0.1) is 17.6 Å². The fourth-order valence-electron chi connectivity index (χ4n) is 2.17. The van der Waals surface area contributed by atoms with E-state index in [1.807, 2.05) is 30.3 Å². The van der Waals surface area contributed by atoms with Crippen molar-refractivity contribution in [2.45, 2.75) is 0 Å². The number of hydrazone groups is 1. The van der Waals surface area contributed by atoms with Crippen LogP contribution >= 0.6 is 23.8 Å². The van der Waals surface area contributed by atoms with Crippen LogP contribution in [0, 0.1) is 0 Å². The number of anilines is 1. The first-order valence-electron chi connectivity index (χ1n) is 8.25. The van der Waals surface area contributed by atoms with Crippen molar-refractivity contribution < 1.29 is 5.11 Å². The molecule has 3 N–H and O–H groups in total. The monoisotopic (exact) mass is 409 g/mol. The molecule has 0 spiro atoms. The highest BCUT2D eigenvalue weighted by Crippen LogP contribution is 2.24. The smallest absolute Gasteiger partial charge is 0.191 e. The van der Waals surface area contributed by atoms with E-state index in [9.17, 15) is 5.11 Å². The summed E-state index contributed by atoms with van der Waals surface area (Å²) in [5.41, 5.74) is 5.28. The third kappa shape index (κ3) is 5.87. The Morgan fingerprint density at radius 1 is 0.929 bits per heavy atom. The Balaban J connectivity index is 1.62. The minimum absolute atomic E-state index is 0.0702. The fraction of sp³-hybridized carbons (Fsp3) is 0. The standard InChI is InChI=1S/C20H16ClN5OS/c21-15-6-8-16(9-7-15)23-20(28)26-22-13-14-12-18(10-11-19(14)27)25-24-17-4-2-1-3-5-17/h1-13,27H,(H2,23,26,28)/b22-13+,25-24?. The molecule has 3 rings (SSSR count). The number of azo groups is 1. The lowest BCUT2D eigenvalue weighted by Crippen LogP contribution is -2.23. The van der Waals surface area contributed by atoms with Gasteiger partial charge in [0.25, 0.3) is 0 Å². The molecule has 0 atom stereocenters. The number of nitrogens with one attached hydrogen (secondary N) is 2. The molecule has 140 valence electrons. The lowest BCUT2D eigenvalue weighted by Gasteiger charge is -2.07. The molecule has 3 aromatic rings.